The summed E-state index contributed by atoms with van der Waals surface area (Å²) in [6.45, 7) is 3.67. The average Bonchev–Trinajstić information content (AvgIpc) is 2.94. The van der Waals surface area contributed by atoms with Crippen molar-refractivity contribution >= 4 is 21.4 Å². The minimum atomic E-state index is -3.33. The second-order valence-corrected chi connectivity index (χ2v) is 8.34. The summed E-state index contributed by atoms with van der Waals surface area (Å²) in [7, 11) is -1.60. The molecule has 1 N–H and O–H groups in total. The number of hydrogen-bond donors (Lipinski definition) is 1. The van der Waals surface area contributed by atoms with Crippen molar-refractivity contribution < 1.29 is 8.42 Å². The van der Waals surface area contributed by atoms with Gasteiger partial charge in [-0.1, -0.05) is 26.2 Å². The zero-order valence-corrected chi connectivity index (χ0v) is 13.9. The molecule has 1 fully saturated rings. The molecule has 1 saturated carbocycles. The molecule has 0 saturated heterocycles. The van der Waals surface area contributed by atoms with E-state index in [1.54, 1.807) is 16.7 Å². The van der Waals surface area contributed by atoms with E-state index in [1.807, 2.05) is 13.0 Å². The van der Waals surface area contributed by atoms with Crippen molar-refractivity contribution in [3.63, 3.8) is 0 Å². The number of sulfonamides is 1. The Hall–Kier alpha value is -0.430. The van der Waals surface area contributed by atoms with Gasteiger partial charge >= 0.3 is 0 Å². The van der Waals surface area contributed by atoms with Gasteiger partial charge in [0, 0.05) is 29.9 Å². The third-order valence-electron chi connectivity index (χ3n) is 3.94. The molecule has 0 aliphatic heterocycles. The smallest absolute Gasteiger partial charge is 0.243 e. The van der Waals surface area contributed by atoms with Crippen LogP contribution in [0.2, 0.25) is 0 Å². The lowest BCUT2D eigenvalue weighted by atomic mass is 9.96. The summed E-state index contributed by atoms with van der Waals surface area (Å²) in [5.41, 5.74) is 0. The fraction of sp³-hybridized carbons (Fsp3) is 0.714. The Kier molecular flexibility index (Phi) is 5.60. The van der Waals surface area contributed by atoms with E-state index < -0.39 is 10.0 Å². The number of hydrogen-bond acceptors (Lipinski definition) is 4. The van der Waals surface area contributed by atoms with E-state index in [9.17, 15) is 8.42 Å². The Balaban J connectivity index is 2.10. The van der Waals surface area contributed by atoms with Crippen molar-refractivity contribution in [3.05, 3.63) is 16.3 Å². The van der Waals surface area contributed by atoms with Crippen LogP contribution in [0.5, 0.6) is 0 Å². The third kappa shape index (κ3) is 3.61. The first kappa shape index (κ1) is 15.9. The van der Waals surface area contributed by atoms with Crippen molar-refractivity contribution in [2.75, 3.05) is 13.6 Å². The van der Waals surface area contributed by atoms with E-state index >= 15 is 0 Å². The van der Waals surface area contributed by atoms with Gasteiger partial charge in [-0.15, -0.1) is 11.3 Å². The van der Waals surface area contributed by atoms with Gasteiger partial charge in [0.25, 0.3) is 0 Å². The van der Waals surface area contributed by atoms with Gasteiger partial charge in [0.2, 0.25) is 10.0 Å². The zero-order valence-electron chi connectivity index (χ0n) is 12.3. The predicted octanol–water partition coefficient (Wildman–Crippen LogP) is 2.81. The fourth-order valence-electron chi connectivity index (χ4n) is 2.64. The molecule has 1 aromatic rings. The second-order valence-electron chi connectivity index (χ2n) is 5.34. The van der Waals surface area contributed by atoms with Crippen LogP contribution in [-0.4, -0.2) is 32.4 Å². The summed E-state index contributed by atoms with van der Waals surface area (Å²) in [6.07, 6.45) is 5.49. The minimum Gasteiger partial charge on any atom is -0.312 e. The minimum absolute atomic E-state index is 0.172. The lowest BCUT2D eigenvalue weighted by molar-refractivity contribution is 0.286. The molecule has 0 aromatic carbocycles. The summed E-state index contributed by atoms with van der Waals surface area (Å²) in [4.78, 5) is 1.52. The topological polar surface area (TPSA) is 49.4 Å². The van der Waals surface area contributed by atoms with Crippen LogP contribution in [0.3, 0.4) is 0 Å². The summed E-state index contributed by atoms with van der Waals surface area (Å²) in [5.74, 6) is 0. The molecule has 6 heteroatoms. The molecule has 0 radical (unpaired) electrons. The number of nitrogens with one attached hydrogen (secondary N) is 1. The Morgan fingerprint density at radius 2 is 2.05 bits per heavy atom. The van der Waals surface area contributed by atoms with Gasteiger partial charge in [-0.25, -0.2) is 8.42 Å². The van der Waals surface area contributed by atoms with Crippen molar-refractivity contribution in [1.29, 1.82) is 0 Å². The Morgan fingerprint density at radius 1 is 1.35 bits per heavy atom. The molecule has 1 heterocycles. The summed E-state index contributed by atoms with van der Waals surface area (Å²) in [6, 6.07) is 1.98. The lowest BCUT2D eigenvalue weighted by Crippen LogP contribution is -2.38. The largest absolute Gasteiger partial charge is 0.312 e. The normalized spacial score (nSPS) is 17.8. The fourth-order valence-corrected chi connectivity index (χ4v) is 5.29. The van der Waals surface area contributed by atoms with Crippen LogP contribution in [0, 0.1) is 0 Å². The van der Waals surface area contributed by atoms with Gasteiger partial charge in [-0.2, -0.15) is 4.31 Å². The molecule has 0 amide bonds. The van der Waals surface area contributed by atoms with E-state index in [4.69, 9.17) is 0 Å². The molecule has 2 rings (SSSR count). The first-order chi connectivity index (χ1) is 9.55. The SMILES string of the molecule is CCNCc1cc(S(=O)(=O)N(C)C2CCCCC2)cs1. The molecule has 0 unspecified atom stereocenters. The molecule has 4 nitrogen and oxygen atoms in total. The first-order valence-corrected chi connectivity index (χ1v) is 9.64. The van der Waals surface area contributed by atoms with Gasteiger partial charge in [0.05, 0.1) is 4.90 Å². The van der Waals surface area contributed by atoms with E-state index in [1.165, 1.54) is 17.8 Å². The monoisotopic (exact) mass is 316 g/mol. The summed E-state index contributed by atoms with van der Waals surface area (Å²) < 4.78 is 26.8. The number of thiophene rings is 1. The van der Waals surface area contributed by atoms with Crippen LogP contribution < -0.4 is 5.32 Å². The third-order valence-corrected chi connectivity index (χ3v) is 6.92. The molecule has 0 atom stereocenters. The van der Waals surface area contributed by atoms with Crippen LogP contribution >= 0.6 is 11.3 Å². The quantitative estimate of drug-likeness (QED) is 0.878. The second kappa shape index (κ2) is 7.02. The molecule has 1 aliphatic rings. The summed E-state index contributed by atoms with van der Waals surface area (Å²) in [5, 5.41) is 4.99. The molecular formula is C14H24N2O2S2. The van der Waals surface area contributed by atoms with Crippen molar-refractivity contribution in [1.82, 2.24) is 9.62 Å². The van der Waals surface area contributed by atoms with Crippen molar-refractivity contribution in [2.45, 2.75) is 56.5 Å². The van der Waals surface area contributed by atoms with Gasteiger partial charge in [0.15, 0.2) is 0 Å². The van der Waals surface area contributed by atoms with Crippen LogP contribution in [0.15, 0.2) is 16.3 Å². The van der Waals surface area contributed by atoms with Crippen molar-refractivity contribution in [3.8, 4) is 0 Å². The highest BCUT2D eigenvalue weighted by molar-refractivity contribution is 7.89. The molecule has 0 spiro atoms. The first-order valence-electron chi connectivity index (χ1n) is 7.32. The highest BCUT2D eigenvalue weighted by Crippen LogP contribution is 2.28. The standard InChI is InChI=1S/C14H24N2O2S2/c1-3-15-10-13-9-14(11-19-13)20(17,18)16(2)12-7-5-4-6-8-12/h9,11-12,15H,3-8,10H2,1-2H3. The van der Waals surface area contributed by atoms with Crippen LogP contribution in [0.4, 0.5) is 0 Å². The molecule has 1 aromatic heterocycles. The van der Waals surface area contributed by atoms with Gasteiger partial charge in [-0.05, 0) is 25.5 Å². The summed E-state index contributed by atoms with van der Waals surface area (Å²) >= 11 is 1.51. The molecular weight excluding hydrogens is 292 g/mol. The van der Waals surface area contributed by atoms with E-state index in [0.29, 0.717) is 4.90 Å². The lowest BCUT2D eigenvalue weighted by Gasteiger charge is -2.30. The Labute approximate surface area is 126 Å². The molecule has 20 heavy (non-hydrogen) atoms. The molecule has 0 bridgehead atoms. The van der Waals surface area contributed by atoms with Gasteiger partial charge in [-0.3, -0.25) is 0 Å². The predicted molar refractivity (Wildman–Crippen MR) is 83.5 cm³/mol. The molecule has 1 aliphatic carbocycles. The van der Waals surface area contributed by atoms with E-state index in [2.05, 4.69) is 5.32 Å². The molecule has 114 valence electrons. The van der Waals surface area contributed by atoms with Crippen molar-refractivity contribution in [2.24, 2.45) is 0 Å². The highest BCUT2D eigenvalue weighted by Gasteiger charge is 2.29. The average molecular weight is 316 g/mol. The zero-order chi connectivity index (χ0) is 14.6. The maximum atomic E-state index is 12.6. The maximum Gasteiger partial charge on any atom is 0.243 e. The van der Waals surface area contributed by atoms with Gasteiger partial charge < -0.3 is 5.32 Å². The van der Waals surface area contributed by atoms with Crippen LogP contribution in [0.25, 0.3) is 0 Å². The van der Waals surface area contributed by atoms with E-state index in [-0.39, 0.29) is 6.04 Å². The maximum absolute atomic E-state index is 12.6. The van der Waals surface area contributed by atoms with Crippen LogP contribution in [-0.2, 0) is 16.6 Å². The van der Waals surface area contributed by atoms with Gasteiger partial charge in [0.1, 0.15) is 0 Å². The Bertz CT molecular complexity index is 519. The van der Waals surface area contributed by atoms with E-state index in [0.717, 1.165) is 43.6 Å². The Morgan fingerprint density at radius 3 is 2.70 bits per heavy atom. The number of nitrogens with zero attached hydrogens (tertiary/aromatic N) is 1. The highest BCUT2D eigenvalue weighted by atomic mass is 32.2. The number of rotatable bonds is 6. The van der Waals surface area contributed by atoms with Crippen LogP contribution in [0.1, 0.15) is 43.9 Å².